The highest BCUT2D eigenvalue weighted by Gasteiger charge is 2.49. The zero-order chi connectivity index (χ0) is 14.1. The highest BCUT2D eigenvalue weighted by atomic mass is 16.3. The van der Waals surface area contributed by atoms with E-state index < -0.39 is 5.60 Å². The lowest BCUT2D eigenvalue weighted by atomic mass is 9.59. The zero-order valence-electron chi connectivity index (χ0n) is 12.4. The molecule has 3 N–H and O–H groups in total. The average Bonchev–Trinajstić information content (AvgIpc) is 2.36. The van der Waals surface area contributed by atoms with Crippen molar-refractivity contribution >= 4 is 0 Å². The van der Waals surface area contributed by atoms with Crippen LogP contribution in [0.1, 0.15) is 51.2 Å². The molecule has 2 rings (SSSR count). The summed E-state index contributed by atoms with van der Waals surface area (Å²) in [7, 11) is 0. The number of aliphatic hydroxyl groups is 1. The first kappa shape index (κ1) is 14.5. The topological polar surface area (TPSA) is 46.2 Å². The molecule has 2 nitrogen and oxygen atoms in total. The molecule has 0 aromatic heterocycles. The Labute approximate surface area is 117 Å². The molecule has 0 aliphatic heterocycles. The standard InChI is InChI=1S/C17H27NO/c1-13(2)11-16(3,19)17(12-18)10-6-8-14-7-4-5-9-15(14)17/h4-5,7,9,13,19H,6,8,10-12,18H2,1-3H3. The highest BCUT2D eigenvalue weighted by Crippen LogP contribution is 2.46. The van der Waals surface area contributed by atoms with Crippen molar-refractivity contribution < 1.29 is 5.11 Å². The molecule has 0 spiro atoms. The van der Waals surface area contributed by atoms with Gasteiger partial charge in [0.15, 0.2) is 0 Å². The molecule has 0 bridgehead atoms. The van der Waals surface area contributed by atoms with E-state index in [4.69, 9.17) is 5.73 Å². The molecule has 2 atom stereocenters. The molecule has 1 aliphatic carbocycles. The first-order chi connectivity index (χ1) is 8.93. The summed E-state index contributed by atoms with van der Waals surface area (Å²) in [6.07, 6.45) is 4.00. The predicted molar refractivity (Wildman–Crippen MR) is 80.2 cm³/mol. The van der Waals surface area contributed by atoms with Gasteiger partial charge in [0.2, 0.25) is 0 Å². The Hall–Kier alpha value is -0.860. The van der Waals surface area contributed by atoms with Crippen LogP contribution in [0.3, 0.4) is 0 Å². The fourth-order valence-electron chi connectivity index (χ4n) is 3.90. The maximum Gasteiger partial charge on any atom is 0.0730 e. The van der Waals surface area contributed by atoms with Gasteiger partial charge >= 0.3 is 0 Å². The summed E-state index contributed by atoms with van der Waals surface area (Å²) in [6, 6.07) is 8.50. The quantitative estimate of drug-likeness (QED) is 0.875. The molecular weight excluding hydrogens is 234 g/mol. The van der Waals surface area contributed by atoms with Crippen molar-refractivity contribution in [2.24, 2.45) is 11.7 Å². The molecule has 1 aromatic carbocycles. The minimum absolute atomic E-state index is 0.286. The van der Waals surface area contributed by atoms with Gasteiger partial charge in [0.25, 0.3) is 0 Å². The van der Waals surface area contributed by atoms with E-state index in [0.29, 0.717) is 12.5 Å². The largest absolute Gasteiger partial charge is 0.389 e. The SMILES string of the molecule is CC(C)CC(C)(O)C1(CN)CCCc2ccccc21. The van der Waals surface area contributed by atoms with Crippen LogP contribution >= 0.6 is 0 Å². The lowest BCUT2D eigenvalue weighted by molar-refractivity contribution is -0.0448. The van der Waals surface area contributed by atoms with Gasteiger partial charge in [-0.2, -0.15) is 0 Å². The fourth-order valence-corrected chi connectivity index (χ4v) is 3.90. The number of rotatable bonds is 4. The van der Waals surface area contributed by atoms with Gasteiger partial charge < -0.3 is 10.8 Å². The summed E-state index contributed by atoms with van der Waals surface area (Å²) in [6.45, 7) is 6.81. The molecular formula is C17H27NO. The summed E-state index contributed by atoms with van der Waals surface area (Å²) in [4.78, 5) is 0. The van der Waals surface area contributed by atoms with Gasteiger partial charge in [0.1, 0.15) is 0 Å². The Bertz CT molecular complexity index is 439. The Morgan fingerprint density at radius 2 is 2.05 bits per heavy atom. The van der Waals surface area contributed by atoms with E-state index in [0.717, 1.165) is 25.7 Å². The zero-order valence-corrected chi connectivity index (χ0v) is 12.4. The number of nitrogens with two attached hydrogens (primary N) is 1. The normalized spacial score (nSPS) is 26.0. The van der Waals surface area contributed by atoms with E-state index in [2.05, 4.69) is 38.1 Å². The van der Waals surface area contributed by atoms with Crippen LogP contribution in [0.2, 0.25) is 0 Å². The molecule has 0 saturated carbocycles. The van der Waals surface area contributed by atoms with Gasteiger partial charge in [-0.1, -0.05) is 38.1 Å². The second-order valence-corrected chi connectivity index (χ2v) is 6.67. The number of aryl methyl sites for hydroxylation is 1. The van der Waals surface area contributed by atoms with Gasteiger partial charge in [-0.05, 0) is 49.7 Å². The molecule has 1 aromatic rings. The molecule has 0 saturated heterocycles. The summed E-state index contributed by atoms with van der Waals surface area (Å²) in [5.41, 5.74) is 7.76. The van der Waals surface area contributed by atoms with Crippen molar-refractivity contribution in [1.29, 1.82) is 0 Å². The van der Waals surface area contributed by atoms with E-state index in [-0.39, 0.29) is 5.41 Å². The first-order valence-corrected chi connectivity index (χ1v) is 7.44. The first-order valence-electron chi connectivity index (χ1n) is 7.44. The van der Waals surface area contributed by atoms with Crippen molar-refractivity contribution in [2.45, 2.75) is 57.5 Å². The van der Waals surface area contributed by atoms with Crippen molar-refractivity contribution in [1.82, 2.24) is 0 Å². The molecule has 2 unspecified atom stereocenters. The number of fused-ring (bicyclic) bond motifs is 1. The van der Waals surface area contributed by atoms with Crippen LogP contribution in [-0.4, -0.2) is 17.3 Å². The number of hydrogen-bond acceptors (Lipinski definition) is 2. The molecule has 1 aliphatic rings. The fraction of sp³-hybridized carbons (Fsp3) is 0.647. The van der Waals surface area contributed by atoms with Crippen molar-refractivity contribution in [3.8, 4) is 0 Å². The molecule has 0 fully saturated rings. The smallest absolute Gasteiger partial charge is 0.0730 e. The Kier molecular flexibility index (Phi) is 4.03. The van der Waals surface area contributed by atoms with Crippen LogP contribution < -0.4 is 5.73 Å². The van der Waals surface area contributed by atoms with Crippen LogP contribution in [-0.2, 0) is 11.8 Å². The van der Waals surface area contributed by atoms with E-state index in [1.165, 1.54) is 11.1 Å². The molecule has 0 amide bonds. The predicted octanol–water partition coefficient (Wildman–Crippen LogP) is 3.02. The Balaban J connectivity index is 2.50. The number of hydrogen-bond donors (Lipinski definition) is 2. The number of benzene rings is 1. The third-order valence-corrected chi connectivity index (χ3v) is 4.77. The summed E-state index contributed by atoms with van der Waals surface area (Å²) >= 11 is 0. The molecule has 106 valence electrons. The van der Waals surface area contributed by atoms with Crippen molar-refractivity contribution in [3.05, 3.63) is 35.4 Å². The van der Waals surface area contributed by atoms with Gasteiger partial charge in [0.05, 0.1) is 5.60 Å². The van der Waals surface area contributed by atoms with Crippen LogP contribution in [0, 0.1) is 5.92 Å². The third kappa shape index (κ3) is 2.44. The summed E-state index contributed by atoms with van der Waals surface area (Å²) in [5, 5.41) is 11.1. The minimum atomic E-state index is -0.744. The lowest BCUT2D eigenvalue weighted by Crippen LogP contribution is -2.56. The van der Waals surface area contributed by atoms with Gasteiger partial charge in [-0.25, -0.2) is 0 Å². The molecule has 0 heterocycles. The summed E-state index contributed by atoms with van der Waals surface area (Å²) < 4.78 is 0. The lowest BCUT2D eigenvalue weighted by Gasteiger charge is -2.49. The highest BCUT2D eigenvalue weighted by molar-refractivity contribution is 5.40. The Morgan fingerprint density at radius 1 is 1.37 bits per heavy atom. The molecule has 19 heavy (non-hydrogen) atoms. The van der Waals surface area contributed by atoms with Crippen LogP contribution in [0.4, 0.5) is 0 Å². The van der Waals surface area contributed by atoms with Crippen LogP contribution in [0.15, 0.2) is 24.3 Å². The summed E-state index contributed by atoms with van der Waals surface area (Å²) in [5.74, 6) is 0.465. The molecule has 2 heteroatoms. The van der Waals surface area contributed by atoms with Crippen LogP contribution in [0.5, 0.6) is 0 Å². The van der Waals surface area contributed by atoms with E-state index >= 15 is 0 Å². The van der Waals surface area contributed by atoms with Gasteiger partial charge in [-0.15, -0.1) is 0 Å². The van der Waals surface area contributed by atoms with E-state index in [1.807, 2.05) is 6.92 Å². The van der Waals surface area contributed by atoms with Crippen molar-refractivity contribution in [2.75, 3.05) is 6.54 Å². The Morgan fingerprint density at radius 3 is 2.68 bits per heavy atom. The van der Waals surface area contributed by atoms with Gasteiger partial charge in [0, 0.05) is 12.0 Å². The van der Waals surface area contributed by atoms with E-state index in [9.17, 15) is 5.11 Å². The monoisotopic (exact) mass is 261 g/mol. The third-order valence-electron chi connectivity index (χ3n) is 4.77. The van der Waals surface area contributed by atoms with Crippen LogP contribution in [0.25, 0.3) is 0 Å². The maximum absolute atomic E-state index is 11.1. The van der Waals surface area contributed by atoms with Crippen molar-refractivity contribution in [3.63, 3.8) is 0 Å². The minimum Gasteiger partial charge on any atom is -0.389 e. The average molecular weight is 261 g/mol. The maximum atomic E-state index is 11.1. The molecule has 0 radical (unpaired) electrons. The second-order valence-electron chi connectivity index (χ2n) is 6.67. The second kappa shape index (κ2) is 5.26. The van der Waals surface area contributed by atoms with E-state index in [1.54, 1.807) is 0 Å². The van der Waals surface area contributed by atoms with Gasteiger partial charge in [-0.3, -0.25) is 0 Å².